The predicted molar refractivity (Wildman–Crippen MR) is 115 cm³/mol. The summed E-state index contributed by atoms with van der Waals surface area (Å²) < 4.78 is 0. The molecule has 2 aliphatic rings. The normalized spacial score (nSPS) is 18.0. The van der Waals surface area contributed by atoms with E-state index in [0.29, 0.717) is 55.2 Å². The summed E-state index contributed by atoms with van der Waals surface area (Å²) in [7, 11) is 0. The van der Waals surface area contributed by atoms with Gasteiger partial charge in [0.15, 0.2) is 0 Å². The lowest BCUT2D eigenvalue weighted by atomic mass is 9.86. The van der Waals surface area contributed by atoms with Gasteiger partial charge in [0, 0.05) is 43.8 Å². The Morgan fingerprint density at radius 2 is 1.90 bits per heavy atom. The van der Waals surface area contributed by atoms with Crippen LogP contribution in [-0.2, 0) is 6.42 Å². The molecule has 1 amide bonds. The van der Waals surface area contributed by atoms with Crippen LogP contribution in [0.1, 0.15) is 53.2 Å². The first kappa shape index (κ1) is 19.8. The van der Waals surface area contributed by atoms with Crippen LogP contribution in [0.5, 0.6) is 0 Å². The summed E-state index contributed by atoms with van der Waals surface area (Å²) in [5.74, 6) is 0.592. The van der Waals surface area contributed by atoms with E-state index in [2.05, 4.69) is 26.0 Å². The third-order valence-electron chi connectivity index (χ3n) is 6.25. The summed E-state index contributed by atoms with van der Waals surface area (Å²) in [6.07, 6.45) is 10.8. The zero-order valence-corrected chi connectivity index (χ0v) is 17.3. The van der Waals surface area contributed by atoms with Gasteiger partial charge in [-0.15, -0.1) is 0 Å². The molecular formula is C24H25N5O2. The maximum absolute atomic E-state index is 13.2. The number of nitrogens with zero attached hydrogens (tertiary/aromatic N) is 5. The minimum Gasteiger partial charge on any atom is -0.389 e. The van der Waals surface area contributed by atoms with Crippen LogP contribution in [0.3, 0.4) is 0 Å². The molecule has 1 N–H and O–H groups in total. The molecule has 1 saturated heterocycles. The summed E-state index contributed by atoms with van der Waals surface area (Å²) in [6, 6.07) is 9.45. The van der Waals surface area contributed by atoms with E-state index in [1.165, 1.54) is 24.7 Å². The van der Waals surface area contributed by atoms with Crippen LogP contribution in [0.15, 0.2) is 55.2 Å². The van der Waals surface area contributed by atoms with E-state index >= 15 is 0 Å². The summed E-state index contributed by atoms with van der Waals surface area (Å²) in [5, 5.41) is 11.1. The molecule has 0 unspecified atom stereocenters. The van der Waals surface area contributed by atoms with Gasteiger partial charge in [-0.25, -0.2) is 9.97 Å². The Balaban J connectivity index is 1.26. The van der Waals surface area contributed by atoms with Gasteiger partial charge >= 0.3 is 0 Å². The van der Waals surface area contributed by atoms with Crippen molar-refractivity contribution in [2.24, 2.45) is 0 Å². The average molecular weight is 415 g/mol. The van der Waals surface area contributed by atoms with Crippen molar-refractivity contribution in [3.63, 3.8) is 0 Å². The molecule has 0 aromatic carbocycles. The van der Waals surface area contributed by atoms with Gasteiger partial charge in [0.2, 0.25) is 0 Å². The molecule has 0 bridgehead atoms. The molecule has 1 saturated carbocycles. The molecule has 3 aromatic heterocycles. The Morgan fingerprint density at radius 3 is 2.58 bits per heavy atom. The SMILES string of the molecule is O=C(c1cccnc1-c1ccncn1)N1CCC(O)(Cc2ccc(C3CC3)cn2)CC1. The lowest BCUT2D eigenvalue weighted by Crippen LogP contribution is -2.48. The Labute approximate surface area is 181 Å². The molecule has 4 heterocycles. The standard InChI is InChI=1S/C24H25N5O2/c30-23(20-2-1-10-26-22(20)21-7-11-25-16-28-21)29-12-8-24(31,9-13-29)14-19-6-5-18(15-27-19)17-3-4-17/h1-2,5-7,10-11,15-17,31H,3-4,8-9,12-14H2. The van der Waals surface area contributed by atoms with Crippen molar-refractivity contribution >= 4 is 5.91 Å². The molecule has 7 heteroatoms. The zero-order valence-electron chi connectivity index (χ0n) is 17.3. The molecule has 1 aliphatic heterocycles. The molecule has 0 radical (unpaired) electrons. The average Bonchev–Trinajstić information content (AvgIpc) is 3.66. The molecule has 0 atom stereocenters. The first-order chi connectivity index (χ1) is 15.1. The van der Waals surface area contributed by atoms with Gasteiger partial charge in [0.05, 0.1) is 16.9 Å². The fourth-order valence-corrected chi connectivity index (χ4v) is 4.22. The number of hydrogen-bond acceptors (Lipinski definition) is 6. The monoisotopic (exact) mass is 415 g/mol. The largest absolute Gasteiger partial charge is 0.389 e. The van der Waals surface area contributed by atoms with Gasteiger partial charge in [-0.2, -0.15) is 0 Å². The molecule has 0 spiro atoms. The van der Waals surface area contributed by atoms with Gasteiger partial charge in [0.1, 0.15) is 12.0 Å². The van der Waals surface area contributed by atoms with E-state index < -0.39 is 5.60 Å². The van der Waals surface area contributed by atoms with Crippen molar-refractivity contribution in [2.45, 2.75) is 43.6 Å². The number of hydrogen-bond donors (Lipinski definition) is 1. The fraction of sp³-hybridized carbons (Fsp3) is 0.375. The van der Waals surface area contributed by atoms with E-state index in [-0.39, 0.29) is 5.91 Å². The quantitative estimate of drug-likeness (QED) is 0.689. The maximum Gasteiger partial charge on any atom is 0.256 e. The highest BCUT2D eigenvalue weighted by Crippen LogP contribution is 2.39. The predicted octanol–water partition coefficient (Wildman–Crippen LogP) is 3.02. The van der Waals surface area contributed by atoms with Gasteiger partial charge in [-0.05, 0) is 61.4 Å². The second-order valence-electron chi connectivity index (χ2n) is 8.54. The lowest BCUT2D eigenvalue weighted by Gasteiger charge is -2.38. The van der Waals surface area contributed by atoms with Crippen molar-refractivity contribution in [3.8, 4) is 11.4 Å². The Kier molecular flexibility index (Phi) is 5.19. The first-order valence-corrected chi connectivity index (χ1v) is 10.8. The van der Waals surface area contributed by atoms with Crippen LogP contribution in [0, 0.1) is 0 Å². The van der Waals surface area contributed by atoms with Crippen molar-refractivity contribution in [3.05, 3.63) is 72.1 Å². The van der Waals surface area contributed by atoms with Gasteiger partial charge in [0.25, 0.3) is 5.91 Å². The van der Waals surface area contributed by atoms with Crippen LogP contribution in [0.25, 0.3) is 11.4 Å². The van der Waals surface area contributed by atoms with Crippen LogP contribution >= 0.6 is 0 Å². The van der Waals surface area contributed by atoms with E-state index in [1.54, 1.807) is 35.5 Å². The second-order valence-corrected chi connectivity index (χ2v) is 8.54. The van der Waals surface area contributed by atoms with Crippen LogP contribution in [0.4, 0.5) is 0 Å². The number of aromatic nitrogens is 4. The molecule has 158 valence electrons. The highest BCUT2D eigenvalue weighted by atomic mass is 16.3. The van der Waals surface area contributed by atoms with Crippen molar-refractivity contribution < 1.29 is 9.90 Å². The van der Waals surface area contributed by atoms with Gasteiger partial charge < -0.3 is 10.0 Å². The van der Waals surface area contributed by atoms with E-state index in [0.717, 1.165) is 5.69 Å². The van der Waals surface area contributed by atoms with Gasteiger partial charge in [-0.1, -0.05) is 6.07 Å². The number of carbonyl (C=O) groups is 1. The summed E-state index contributed by atoms with van der Waals surface area (Å²) in [4.78, 5) is 32.1. The Hall–Kier alpha value is -3.19. The number of pyridine rings is 2. The minimum atomic E-state index is -0.838. The fourth-order valence-electron chi connectivity index (χ4n) is 4.22. The summed E-state index contributed by atoms with van der Waals surface area (Å²) in [5.41, 5.74) is 3.06. The van der Waals surface area contributed by atoms with Crippen LogP contribution in [-0.4, -0.2) is 54.5 Å². The highest BCUT2D eigenvalue weighted by molar-refractivity contribution is 5.99. The lowest BCUT2D eigenvalue weighted by molar-refractivity contribution is -0.0168. The number of likely N-dealkylation sites (tertiary alicyclic amines) is 1. The van der Waals surface area contributed by atoms with E-state index in [9.17, 15) is 9.90 Å². The third-order valence-corrected chi connectivity index (χ3v) is 6.25. The minimum absolute atomic E-state index is 0.0873. The number of piperidine rings is 1. The van der Waals surface area contributed by atoms with E-state index in [1.807, 2.05) is 12.3 Å². The molecule has 2 fully saturated rings. The second kappa shape index (κ2) is 8.15. The molecule has 1 aliphatic carbocycles. The number of amides is 1. The van der Waals surface area contributed by atoms with Gasteiger partial charge in [-0.3, -0.25) is 14.8 Å². The number of rotatable bonds is 5. The Bertz CT molecular complexity index is 1060. The van der Waals surface area contributed by atoms with E-state index in [4.69, 9.17) is 0 Å². The summed E-state index contributed by atoms with van der Waals surface area (Å²) >= 11 is 0. The zero-order chi connectivity index (χ0) is 21.3. The number of carbonyl (C=O) groups excluding carboxylic acids is 1. The summed E-state index contributed by atoms with van der Waals surface area (Å²) in [6.45, 7) is 0.987. The maximum atomic E-state index is 13.2. The molecule has 31 heavy (non-hydrogen) atoms. The topological polar surface area (TPSA) is 92.1 Å². The van der Waals surface area contributed by atoms with Crippen molar-refractivity contribution in [1.29, 1.82) is 0 Å². The van der Waals surface area contributed by atoms with Crippen molar-refractivity contribution in [1.82, 2.24) is 24.8 Å². The molecular weight excluding hydrogens is 390 g/mol. The van der Waals surface area contributed by atoms with Crippen molar-refractivity contribution in [2.75, 3.05) is 13.1 Å². The molecule has 7 nitrogen and oxygen atoms in total. The number of aliphatic hydroxyl groups is 1. The molecule has 3 aromatic rings. The Morgan fingerprint density at radius 1 is 1.06 bits per heavy atom. The third kappa shape index (κ3) is 4.32. The molecule has 5 rings (SSSR count). The highest BCUT2D eigenvalue weighted by Gasteiger charge is 2.35. The smallest absolute Gasteiger partial charge is 0.256 e. The van der Waals surface area contributed by atoms with Crippen LogP contribution < -0.4 is 0 Å². The van der Waals surface area contributed by atoms with Crippen LogP contribution in [0.2, 0.25) is 0 Å². The first-order valence-electron chi connectivity index (χ1n) is 10.8.